The lowest BCUT2D eigenvalue weighted by molar-refractivity contribution is -0.111. The lowest BCUT2D eigenvalue weighted by Gasteiger charge is -2.35. The molecule has 1 fully saturated rings. The van der Waals surface area contributed by atoms with E-state index in [1.807, 2.05) is 30.3 Å². The number of aromatic nitrogens is 3. The number of anilines is 4. The van der Waals surface area contributed by atoms with E-state index in [0.29, 0.717) is 29.2 Å². The van der Waals surface area contributed by atoms with Crippen molar-refractivity contribution >= 4 is 40.0 Å². The summed E-state index contributed by atoms with van der Waals surface area (Å²) in [7, 11) is 0. The number of hydrogen-bond donors (Lipinski definition) is 2. The number of amides is 1. The second kappa shape index (κ2) is 11.2. The average Bonchev–Trinajstić information content (AvgIpc) is 2.94. The summed E-state index contributed by atoms with van der Waals surface area (Å²) in [6, 6.07) is 16.7. The summed E-state index contributed by atoms with van der Waals surface area (Å²) in [6.07, 6.45) is 4.37. The fourth-order valence-electron chi connectivity index (χ4n) is 4.46. The number of pyridine rings is 1. The van der Waals surface area contributed by atoms with E-state index >= 15 is 0 Å². The first-order chi connectivity index (χ1) is 18.5. The van der Waals surface area contributed by atoms with Gasteiger partial charge in [0.2, 0.25) is 11.9 Å². The molecule has 3 heterocycles. The van der Waals surface area contributed by atoms with Crippen LogP contribution in [0, 0.1) is 0 Å². The van der Waals surface area contributed by atoms with E-state index in [0.717, 1.165) is 43.2 Å². The third-order valence-electron chi connectivity index (χ3n) is 6.48. The highest BCUT2D eigenvalue weighted by Crippen LogP contribution is 2.23. The molecule has 0 radical (unpaired) electrons. The number of carbonyl (C=O) groups excluding carboxylic acids is 1. The van der Waals surface area contributed by atoms with Gasteiger partial charge in [-0.1, -0.05) is 12.6 Å². The Morgan fingerprint density at radius 1 is 1.03 bits per heavy atom. The SMILES string of the molecule is C=CC(=O)Nc1cccc(-n2ccc(=O)c3cnc(Nc4ccc(N5CCN(CCF)CC5)cc4)nc32)c1. The molecule has 2 N–H and O–H groups in total. The van der Waals surface area contributed by atoms with Gasteiger partial charge in [-0.25, -0.2) is 9.37 Å². The molecule has 1 aliphatic rings. The van der Waals surface area contributed by atoms with Crippen molar-refractivity contribution in [2.24, 2.45) is 0 Å². The zero-order valence-corrected chi connectivity index (χ0v) is 20.8. The van der Waals surface area contributed by atoms with Crippen molar-refractivity contribution in [1.82, 2.24) is 19.4 Å². The normalized spacial score (nSPS) is 13.9. The number of fused-ring (bicyclic) bond motifs is 1. The number of nitrogens with zero attached hydrogens (tertiary/aromatic N) is 5. The van der Waals surface area contributed by atoms with Crippen LogP contribution in [0.25, 0.3) is 16.7 Å². The van der Waals surface area contributed by atoms with E-state index in [1.165, 1.54) is 18.3 Å². The highest BCUT2D eigenvalue weighted by molar-refractivity contribution is 5.99. The molecule has 0 aliphatic carbocycles. The Morgan fingerprint density at radius 2 is 1.82 bits per heavy atom. The Kier molecular flexibility index (Phi) is 7.41. The van der Waals surface area contributed by atoms with Gasteiger partial charge in [-0.15, -0.1) is 0 Å². The Morgan fingerprint density at radius 3 is 2.55 bits per heavy atom. The molecule has 0 saturated carbocycles. The molecule has 9 nitrogen and oxygen atoms in total. The molecule has 2 aromatic carbocycles. The summed E-state index contributed by atoms with van der Waals surface area (Å²) in [5.41, 5.74) is 3.48. The summed E-state index contributed by atoms with van der Waals surface area (Å²) in [5.74, 6) is 0.0337. The predicted octanol–water partition coefficient (Wildman–Crippen LogP) is 3.74. The van der Waals surface area contributed by atoms with Crippen molar-refractivity contribution in [3.8, 4) is 5.69 Å². The van der Waals surface area contributed by atoms with Gasteiger partial charge in [0.1, 0.15) is 6.67 Å². The molecule has 1 amide bonds. The van der Waals surface area contributed by atoms with Crippen molar-refractivity contribution in [3.63, 3.8) is 0 Å². The first-order valence-electron chi connectivity index (χ1n) is 12.4. The van der Waals surface area contributed by atoms with Crippen LogP contribution < -0.4 is 21.0 Å². The number of piperazine rings is 1. The standard InChI is InChI=1S/C28H28FN7O2/c1-2-26(38)31-21-4-3-5-23(18-21)36-12-10-25(37)24-19-30-28(33-27(24)36)32-20-6-8-22(9-7-20)35-16-14-34(13-11-29)15-17-35/h2-10,12,18-19H,1,11,13-17H2,(H,31,38)(H,30,32,33). The Hall–Kier alpha value is -4.57. The monoisotopic (exact) mass is 513 g/mol. The van der Waals surface area contributed by atoms with Crippen LogP contribution in [0.1, 0.15) is 0 Å². The fraction of sp³-hybridized carbons (Fsp3) is 0.214. The van der Waals surface area contributed by atoms with Crippen molar-refractivity contribution < 1.29 is 9.18 Å². The second-order valence-electron chi connectivity index (χ2n) is 8.91. The predicted molar refractivity (Wildman–Crippen MR) is 148 cm³/mol. The smallest absolute Gasteiger partial charge is 0.247 e. The van der Waals surface area contributed by atoms with Gasteiger partial charge in [-0.05, 0) is 48.5 Å². The Bertz CT molecular complexity index is 1510. The highest BCUT2D eigenvalue weighted by Gasteiger charge is 2.17. The van der Waals surface area contributed by atoms with Gasteiger partial charge >= 0.3 is 0 Å². The second-order valence-corrected chi connectivity index (χ2v) is 8.91. The van der Waals surface area contributed by atoms with E-state index in [1.54, 1.807) is 29.0 Å². The van der Waals surface area contributed by atoms with E-state index in [2.05, 4.69) is 37.0 Å². The first-order valence-corrected chi connectivity index (χ1v) is 12.4. The molecule has 10 heteroatoms. The van der Waals surface area contributed by atoms with Gasteiger partial charge in [0.25, 0.3) is 0 Å². The lowest BCUT2D eigenvalue weighted by atomic mass is 10.2. The zero-order chi connectivity index (χ0) is 26.5. The molecule has 2 aromatic heterocycles. The maximum atomic E-state index is 12.6. The first kappa shape index (κ1) is 25.1. The summed E-state index contributed by atoms with van der Waals surface area (Å²) < 4.78 is 14.4. The van der Waals surface area contributed by atoms with Crippen molar-refractivity contribution in [2.45, 2.75) is 0 Å². The van der Waals surface area contributed by atoms with Crippen molar-refractivity contribution in [1.29, 1.82) is 0 Å². The van der Waals surface area contributed by atoms with Gasteiger partial charge in [0.15, 0.2) is 11.1 Å². The minimum absolute atomic E-state index is 0.185. The fourth-order valence-corrected chi connectivity index (χ4v) is 4.46. The number of rotatable bonds is 8. The van der Waals surface area contributed by atoms with Crippen LogP contribution in [-0.2, 0) is 4.79 Å². The van der Waals surface area contributed by atoms with E-state index in [4.69, 9.17) is 0 Å². The lowest BCUT2D eigenvalue weighted by Crippen LogP contribution is -2.47. The maximum Gasteiger partial charge on any atom is 0.247 e. The van der Waals surface area contributed by atoms with E-state index in [-0.39, 0.29) is 18.0 Å². The number of carbonyl (C=O) groups is 1. The third kappa shape index (κ3) is 5.55. The summed E-state index contributed by atoms with van der Waals surface area (Å²) in [6.45, 7) is 7.07. The third-order valence-corrected chi connectivity index (χ3v) is 6.48. The number of nitrogens with one attached hydrogen (secondary N) is 2. The summed E-state index contributed by atoms with van der Waals surface area (Å²) in [4.78, 5) is 37.7. The van der Waals surface area contributed by atoms with Crippen molar-refractivity contribution in [3.05, 3.63) is 89.9 Å². The number of benzene rings is 2. The molecule has 194 valence electrons. The van der Waals surface area contributed by atoms with Gasteiger partial charge in [-0.2, -0.15) is 4.98 Å². The number of halogens is 1. The molecule has 1 aliphatic heterocycles. The molecule has 1 saturated heterocycles. The molecule has 0 bridgehead atoms. The number of alkyl halides is 1. The molecule has 0 spiro atoms. The van der Waals surface area contributed by atoms with Gasteiger partial charge in [0.05, 0.1) is 5.39 Å². The van der Waals surface area contributed by atoms with Crippen LogP contribution in [0.5, 0.6) is 0 Å². The van der Waals surface area contributed by atoms with Crippen LogP contribution in [-0.4, -0.2) is 64.7 Å². The summed E-state index contributed by atoms with van der Waals surface area (Å²) >= 11 is 0. The van der Waals surface area contributed by atoms with Crippen molar-refractivity contribution in [2.75, 3.05) is 54.9 Å². The van der Waals surface area contributed by atoms with Crippen LogP contribution in [0.3, 0.4) is 0 Å². The van der Waals surface area contributed by atoms with Gasteiger partial charge in [-0.3, -0.25) is 14.5 Å². The molecule has 4 aromatic rings. The molecule has 0 unspecified atom stereocenters. The van der Waals surface area contributed by atoms with Crippen LogP contribution in [0.4, 0.5) is 27.4 Å². The van der Waals surface area contributed by atoms with Crippen LogP contribution in [0.2, 0.25) is 0 Å². The zero-order valence-electron chi connectivity index (χ0n) is 20.8. The molecule has 38 heavy (non-hydrogen) atoms. The molecular formula is C28H28FN7O2. The topological polar surface area (TPSA) is 95.4 Å². The van der Waals surface area contributed by atoms with E-state index < -0.39 is 0 Å². The summed E-state index contributed by atoms with van der Waals surface area (Å²) in [5, 5.41) is 6.34. The van der Waals surface area contributed by atoms with Gasteiger partial charge in [0, 0.05) is 73.9 Å². The molecule has 0 atom stereocenters. The number of hydrogen-bond acceptors (Lipinski definition) is 7. The van der Waals surface area contributed by atoms with Crippen LogP contribution in [0.15, 0.2) is 84.4 Å². The Labute approximate surface area is 219 Å². The largest absolute Gasteiger partial charge is 0.369 e. The maximum absolute atomic E-state index is 12.6. The minimum atomic E-state index is -0.314. The quantitative estimate of drug-likeness (QED) is 0.347. The Balaban J connectivity index is 1.37. The van der Waals surface area contributed by atoms with E-state index in [9.17, 15) is 14.0 Å². The minimum Gasteiger partial charge on any atom is -0.369 e. The van der Waals surface area contributed by atoms with Crippen LogP contribution >= 0.6 is 0 Å². The highest BCUT2D eigenvalue weighted by atomic mass is 19.1. The molecular weight excluding hydrogens is 485 g/mol. The van der Waals surface area contributed by atoms with Gasteiger partial charge < -0.3 is 20.1 Å². The molecule has 5 rings (SSSR count). The average molecular weight is 514 g/mol.